The van der Waals surface area contributed by atoms with Gasteiger partial charge in [0.25, 0.3) is 17.1 Å². The zero-order chi connectivity index (χ0) is 21.0. The summed E-state index contributed by atoms with van der Waals surface area (Å²) < 4.78 is 5.49. The van der Waals surface area contributed by atoms with Crippen LogP contribution < -0.4 is 10.1 Å². The summed E-state index contributed by atoms with van der Waals surface area (Å²) in [5.74, 6) is -0.265. The smallest absolute Gasteiger partial charge is 0.293 e. The molecular weight excluding hydrogens is 412 g/mol. The lowest BCUT2D eigenvalue weighted by Crippen LogP contribution is -2.27. The predicted molar refractivity (Wildman–Crippen MR) is 115 cm³/mol. The van der Waals surface area contributed by atoms with Gasteiger partial charge in [0, 0.05) is 12.2 Å². The molecule has 0 aromatic heterocycles. The maximum Gasteiger partial charge on any atom is 0.293 e. The second-order valence-electron chi connectivity index (χ2n) is 6.32. The standard InChI is InChI=1S/C21H19ClN2O4S/c1-3-24-20(26)18(29-21(24)27)11-14-6-9-17(16(22)10-14)28-12-19(25)23-15-7-4-13(2)5-8-15/h4-11H,3,12H2,1-2H3,(H,23,25)/b18-11+. The SMILES string of the molecule is CCN1C(=O)S/C(=C/c2ccc(OCC(=O)Nc3ccc(C)cc3)c(Cl)c2)C1=O. The highest BCUT2D eigenvalue weighted by Crippen LogP contribution is 2.33. The fourth-order valence-electron chi connectivity index (χ4n) is 2.63. The van der Waals surface area contributed by atoms with E-state index in [-0.39, 0.29) is 23.7 Å². The molecule has 0 radical (unpaired) electrons. The third-order valence-electron chi connectivity index (χ3n) is 4.14. The van der Waals surface area contributed by atoms with Crippen molar-refractivity contribution in [3.05, 3.63) is 63.5 Å². The molecule has 0 aliphatic carbocycles. The number of benzene rings is 2. The summed E-state index contributed by atoms with van der Waals surface area (Å²) >= 11 is 7.14. The average molecular weight is 431 g/mol. The second kappa shape index (κ2) is 9.15. The minimum Gasteiger partial charge on any atom is -0.482 e. The molecule has 1 fully saturated rings. The number of ether oxygens (including phenoxy) is 1. The van der Waals surface area contributed by atoms with Gasteiger partial charge in [0.15, 0.2) is 6.61 Å². The number of imide groups is 1. The van der Waals surface area contributed by atoms with Crippen LogP contribution in [0.25, 0.3) is 6.08 Å². The predicted octanol–water partition coefficient (Wildman–Crippen LogP) is 4.72. The quantitative estimate of drug-likeness (QED) is 0.671. The Kier molecular flexibility index (Phi) is 6.61. The molecule has 2 aromatic rings. The molecule has 2 aromatic carbocycles. The van der Waals surface area contributed by atoms with Crippen LogP contribution in [0.3, 0.4) is 0 Å². The highest BCUT2D eigenvalue weighted by molar-refractivity contribution is 8.18. The van der Waals surface area contributed by atoms with Gasteiger partial charge in [-0.15, -0.1) is 0 Å². The van der Waals surface area contributed by atoms with Gasteiger partial charge in [-0.2, -0.15) is 0 Å². The van der Waals surface area contributed by atoms with Gasteiger partial charge in [0.2, 0.25) is 0 Å². The van der Waals surface area contributed by atoms with Crippen molar-refractivity contribution in [2.45, 2.75) is 13.8 Å². The highest BCUT2D eigenvalue weighted by Gasteiger charge is 2.33. The minimum absolute atomic E-state index is 0.192. The van der Waals surface area contributed by atoms with Crippen LogP contribution in [-0.4, -0.2) is 35.1 Å². The van der Waals surface area contributed by atoms with E-state index in [4.69, 9.17) is 16.3 Å². The van der Waals surface area contributed by atoms with Crippen LogP contribution in [0.5, 0.6) is 5.75 Å². The Morgan fingerprint density at radius 2 is 1.93 bits per heavy atom. The zero-order valence-corrected chi connectivity index (χ0v) is 17.5. The Labute approximate surface area is 177 Å². The van der Waals surface area contributed by atoms with Crippen molar-refractivity contribution in [2.75, 3.05) is 18.5 Å². The number of hydrogen-bond acceptors (Lipinski definition) is 5. The van der Waals surface area contributed by atoms with Crippen molar-refractivity contribution in [1.82, 2.24) is 4.90 Å². The number of likely N-dealkylation sites (N-methyl/N-ethyl adjacent to an activating group) is 1. The lowest BCUT2D eigenvalue weighted by atomic mass is 10.2. The number of thioether (sulfide) groups is 1. The number of aryl methyl sites for hydroxylation is 1. The van der Waals surface area contributed by atoms with Gasteiger partial charge in [-0.05, 0) is 61.5 Å². The Balaban J connectivity index is 1.62. The fraction of sp³-hybridized carbons (Fsp3) is 0.190. The van der Waals surface area contributed by atoms with Crippen LogP contribution in [0.2, 0.25) is 5.02 Å². The first kappa shape index (κ1) is 21.0. The van der Waals surface area contributed by atoms with Crippen LogP contribution >= 0.6 is 23.4 Å². The number of anilines is 1. The monoisotopic (exact) mass is 430 g/mol. The Morgan fingerprint density at radius 1 is 1.21 bits per heavy atom. The molecule has 150 valence electrons. The molecule has 3 rings (SSSR count). The van der Waals surface area contributed by atoms with Crippen LogP contribution in [-0.2, 0) is 9.59 Å². The average Bonchev–Trinajstić information content (AvgIpc) is 2.95. The van der Waals surface area contributed by atoms with E-state index in [1.165, 1.54) is 4.90 Å². The summed E-state index contributed by atoms with van der Waals surface area (Å²) in [6, 6.07) is 12.4. The number of amides is 3. The lowest BCUT2D eigenvalue weighted by molar-refractivity contribution is -0.122. The summed E-state index contributed by atoms with van der Waals surface area (Å²) in [7, 11) is 0. The van der Waals surface area contributed by atoms with Crippen LogP contribution in [0.15, 0.2) is 47.4 Å². The molecule has 0 saturated carbocycles. The number of nitrogens with zero attached hydrogens (tertiary/aromatic N) is 1. The summed E-state index contributed by atoms with van der Waals surface area (Å²) in [5.41, 5.74) is 2.45. The molecule has 1 saturated heterocycles. The van der Waals surface area contributed by atoms with Crippen LogP contribution in [0.1, 0.15) is 18.1 Å². The van der Waals surface area contributed by atoms with Gasteiger partial charge in [-0.1, -0.05) is 35.4 Å². The maximum absolute atomic E-state index is 12.2. The molecule has 0 bridgehead atoms. The van der Waals surface area contributed by atoms with Gasteiger partial charge in [-0.3, -0.25) is 19.3 Å². The normalized spacial score (nSPS) is 15.1. The summed E-state index contributed by atoms with van der Waals surface area (Å²) in [5, 5.41) is 2.76. The lowest BCUT2D eigenvalue weighted by Gasteiger charge is -2.10. The first-order valence-electron chi connectivity index (χ1n) is 8.91. The van der Waals surface area contributed by atoms with Gasteiger partial charge in [0.1, 0.15) is 5.75 Å². The number of halogens is 1. The molecule has 1 heterocycles. The number of nitrogens with one attached hydrogen (secondary N) is 1. The van der Waals surface area contributed by atoms with E-state index in [1.807, 2.05) is 31.2 Å². The molecule has 29 heavy (non-hydrogen) atoms. The first-order chi connectivity index (χ1) is 13.9. The first-order valence-corrected chi connectivity index (χ1v) is 10.1. The van der Waals surface area contributed by atoms with Gasteiger partial charge in [-0.25, -0.2) is 0 Å². The van der Waals surface area contributed by atoms with Gasteiger partial charge >= 0.3 is 0 Å². The van der Waals surface area contributed by atoms with E-state index in [0.29, 0.717) is 33.5 Å². The van der Waals surface area contributed by atoms with E-state index < -0.39 is 0 Å². The van der Waals surface area contributed by atoms with Crippen molar-refractivity contribution in [3.63, 3.8) is 0 Å². The molecular formula is C21H19ClN2O4S. The summed E-state index contributed by atoms with van der Waals surface area (Å²) in [6.45, 7) is 3.86. The Bertz CT molecular complexity index is 989. The summed E-state index contributed by atoms with van der Waals surface area (Å²) in [4.78, 5) is 37.5. The van der Waals surface area contributed by atoms with E-state index in [2.05, 4.69) is 5.32 Å². The van der Waals surface area contributed by atoms with Crippen molar-refractivity contribution >= 4 is 52.2 Å². The minimum atomic E-state index is -0.313. The largest absolute Gasteiger partial charge is 0.482 e. The fourth-order valence-corrected chi connectivity index (χ4v) is 3.77. The molecule has 1 aliphatic heterocycles. The molecule has 1 aliphatic rings. The molecule has 0 atom stereocenters. The Hall–Kier alpha value is -2.77. The molecule has 0 spiro atoms. The second-order valence-corrected chi connectivity index (χ2v) is 7.72. The van der Waals surface area contributed by atoms with E-state index >= 15 is 0 Å². The van der Waals surface area contributed by atoms with Crippen molar-refractivity contribution in [1.29, 1.82) is 0 Å². The number of hydrogen-bond donors (Lipinski definition) is 1. The molecule has 8 heteroatoms. The van der Waals surface area contributed by atoms with E-state index in [1.54, 1.807) is 31.2 Å². The van der Waals surface area contributed by atoms with Crippen molar-refractivity contribution in [2.24, 2.45) is 0 Å². The zero-order valence-electron chi connectivity index (χ0n) is 15.9. The molecule has 3 amide bonds. The molecule has 6 nitrogen and oxygen atoms in total. The van der Waals surface area contributed by atoms with Gasteiger partial charge < -0.3 is 10.1 Å². The van der Waals surface area contributed by atoms with Crippen molar-refractivity contribution in [3.8, 4) is 5.75 Å². The molecule has 1 N–H and O–H groups in total. The highest BCUT2D eigenvalue weighted by atomic mass is 35.5. The maximum atomic E-state index is 12.2. The van der Waals surface area contributed by atoms with Crippen molar-refractivity contribution < 1.29 is 19.1 Å². The number of carbonyl (C=O) groups excluding carboxylic acids is 3. The number of rotatable bonds is 6. The number of carbonyl (C=O) groups is 3. The molecule has 0 unspecified atom stereocenters. The van der Waals surface area contributed by atoms with E-state index in [0.717, 1.165) is 17.3 Å². The third-order valence-corrected chi connectivity index (χ3v) is 5.34. The summed E-state index contributed by atoms with van der Waals surface area (Å²) in [6.07, 6.45) is 1.61. The Morgan fingerprint density at radius 3 is 2.55 bits per heavy atom. The van der Waals surface area contributed by atoms with Crippen LogP contribution in [0, 0.1) is 6.92 Å². The third kappa shape index (κ3) is 5.19. The van der Waals surface area contributed by atoms with E-state index in [9.17, 15) is 14.4 Å². The van der Waals surface area contributed by atoms with Gasteiger partial charge in [0.05, 0.1) is 9.93 Å². The van der Waals surface area contributed by atoms with Crippen LogP contribution in [0.4, 0.5) is 10.5 Å². The topological polar surface area (TPSA) is 75.7 Å².